The van der Waals surface area contributed by atoms with Crippen LogP contribution in [0.2, 0.25) is 0 Å². The molecule has 0 atom stereocenters. The highest BCUT2D eigenvalue weighted by atomic mass is 16.5. The van der Waals surface area contributed by atoms with Gasteiger partial charge in [0.15, 0.2) is 0 Å². The quantitative estimate of drug-likeness (QED) is 0.440. The van der Waals surface area contributed by atoms with Crippen molar-refractivity contribution in [2.45, 2.75) is 0 Å². The molecule has 1 rings (SSSR count). The summed E-state index contributed by atoms with van der Waals surface area (Å²) in [6.07, 6.45) is 1.12. The van der Waals surface area contributed by atoms with Crippen LogP contribution in [0.25, 0.3) is 0 Å². The molecule has 0 saturated heterocycles. The fourth-order valence-electron chi connectivity index (χ4n) is 0.981. The molecule has 7 heteroatoms. The van der Waals surface area contributed by atoms with Crippen LogP contribution in [0.5, 0.6) is 17.8 Å². The average molecular weight is 213 g/mol. The molecule has 15 heavy (non-hydrogen) atoms. The minimum atomic E-state index is 0.110. The number of hydrogen-bond donors (Lipinski definition) is 1. The lowest BCUT2D eigenvalue weighted by atomic mass is 10.3. The van der Waals surface area contributed by atoms with Crippen LogP contribution in [-0.4, -0.2) is 42.7 Å². The topological polar surface area (TPSA) is 86.1 Å². The van der Waals surface area contributed by atoms with Crippen molar-refractivity contribution >= 4 is 6.21 Å². The first-order valence-electron chi connectivity index (χ1n) is 3.98. The highest BCUT2D eigenvalue weighted by molar-refractivity contribution is 5.85. The third kappa shape index (κ3) is 2.25. The van der Waals surface area contributed by atoms with Gasteiger partial charge in [-0.25, -0.2) is 0 Å². The van der Waals surface area contributed by atoms with Crippen molar-refractivity contribution in [3.05, 3.63) is 5.56 Å². The van der Waals surface area contributed by atoms with Gasteiger partial charge in [0.25, 0.3) is 0 Å². The van der Waals surface area contributed by atoms with E-state index in [1.807, 2.05) is 0 Å². The largest absolute Gasteiger partial charge is 0.480 e. The summed E-state index contributed by atoms with van der Waals surface area (Å²) in [4.78, 5) is 7.80. The number of oxime groups is 1. The number of methoxy groups -OCH3 is 3. The zero-order chi connectivity index (χ0) is 11.3. The first-order chi connectivity index (χ1) is 7.26. The van der Waals surface area contributed by atoms with Crippen molar-refractivity contribution in [2.75, 3.05) is 21.3 Å². The van der Waals surface area contributed by atoms with Crippen LogP contribution < -0.4 is 14.2 Å². The van der Waals surface area contributed by atoms with Crippen molar-refractivity contribution in [2.24, 2.45) is 5.16 Å². The van der Waals surface area contributed by atoms with Crippen molar-refractivity contribution < 1.29 is 19.4 Å². The molecule has 0 spiro atoms. The van der Waals surface area contributed by atoms with E-state index < -0.39 is 0 Å². The highest BCUT2D eigenvalue weighted by Gasteiger charge is 2.14. The molecule has 0 aliphatic carbocycles. The summed E-state index contributed by atoms with van der Waals surface area (Å²) in [5, 5.41) is 11.3. The van der Waals surface area contributed by atoms with E-state index in [4.69, 9.17) is 19.4 Å². The van der Waals surface area contributed by atoms with E-state index >= 15 is 0 Å². The maximum absolute atomic E-state index is 8.46. The molecular weight excluding hydrogens is 202 g/mol. The molecule has 1 aromatic rings. The van der Waals surface area contributed by atoms with Crippen molar-refractivity contribution in [1.29, 1.82) is 0 Å². The van der Waals surface area contributed by atoms with E-state index in [0.29, 0.717) is 5.56 Å². The van der Waals surface area contributed by atoms with Crippen LogP contribution in [0.15, 0.2) is 5.16 Å². The summed E-state index contributed by atoms with van der Waals surface area (Å²) in [5.41, 5.74) is 0.336. The van der Waals surface area contributed by atoms with Gasteiger partial charge in [-0.2, -0.15) is 9.97 Å². The van der Waals surface area contributed by atoms with Crippen LogP contribution in [0.3, 0.4) is 0 Å². The monoisotopic (exact) mass is 213 g/mol. The Balaban J connectivity index is 3.32. The highest BCUT2D eigenvalue weighted by Crippen LogP contribution is 2.25. The Morgan fingerprint density at radius 3 is 1.93 bits per heavy atom. The van der Waals surface area contributed by atoms with E-state index in [9.17, 15) is 0 Å². The lowest BCUT2D eigenvalue weighted by Gasteiger charge is -2.08. The van der Waals surface area contributed by atoms with Crippen LogP contribution in [0.4, 0.5) is 0 Å². The number of ether oxygens (including phenoxy) is 3. The van der Waals surface area contributed by atoms with Crippen LogP contribution >= 0.6 is 0 Å². The summed E-state index contributed by atoms with van der Waals surface area (Å²) < 4.78 is 14.8. The SMILES string of the molecule is COc1nc(OC)c(C=NO)c(OC)n1. The molecule has 0 radical (unpaired) electrons. The summed E-state index contributed by atoms with van der Waals surface area (Å²) in [7, 11) is 4.28. The molecule has 1 heterocycles. The molecule has 0 saturated carbocycles. The molecule has 0 aromatic carbocycles. The first kappa shape index (κ1) is 11.0. The summed E-state index contributed by atoms with van der Waals surface area (Å²) in [6, 6.07) is 0.110. The molecule has 1 N–H and O–H groups in total. The predicted molar refractivity (Wildman–Crippen MR) is 51.1 cm³/mol. The Morgan fingerprint density at radius 1 is 1.07 bits per heavy atom. The fourth-order valence-corrected chi connectivity index (χ4v) is 0.981. The predicted octanol–water partition coefficient (Wildman–Crippen LogP) is 0.310. The zero-order valence-electron chi connectivity index (χ0n) is 8.59. The van der Waals surface area contributed by atoms with Gasteiger partial charge in [-0.05, 0) is 0 Å². The maximum Gasteiger partial charge on any atom is 0.322 e. The Morgan fingerprint density at radius 2 is 1.60 bits per heavy atom. The molecule has 0 bridgehead atoms. The standard InChI is InChI=1S/C8H11N3O4/c1-13-6-5(4-9-12)7(14-2)11-8(10-6)15-3/h4,12H,1-3H3. The molecule has 0 aliphatic rings. The molecule has 0 fully saturated rings. The van der Waals surface area contributed by atoms with Gasteiger partial charge in [0.2, 0.25) is 11.8 Å². The van der Waals surface area contributed by atoms with Gasteiger partial charge >= 0.3 is 6.01 Å². The van der Waals surface area contributed by atoms with Gasteiger partial charge in [-0.15, -0.1) is 0 Å². The van der Waals surface area contributed by atoms with E-state index in [1.165, 1.54) is 21.3 Å². The maximum atomic E-state index is 8.46. The van der Waals surface area contributed by atoms with Gasteiger partial charge in [0.05, 0.1) is 27.5 Å². The fraction of sp³-hybridized carbons (Fsp3) is 0.375. The van der Waals surface area contributed by atoms with Gasteiger partial charge < -0.3 is 19.4 Å². The smallest absolute Gasteiger partial charge is 0.322 e. The van der Waals surface area contributed by atoms with Crippen molar-refractivity contribution in [1.82, 2.24) is 9.97 Å². The van der Waals surface area contributed by atoms with Crippen molar-refractivity contribution in [3.63, 3.8) is 0 Å². The number of nitrogens with zero attached hydrogens (tertiary/aromatic N) is 3. The zero-order valence-corrected chi connectivity index (χ0v) is 8.59. The lowest BCUT2D eigenvalue weighted by molar-refractivity contribution is 0.317. The second-order valence-electron chi connectivity index (χ2n) is 2.39. The van der Waals surface area contributed by atoms with Crippen LogP contribution in [0.1, 0.15) is 5.56 Å². The normalized spacial score (nSPS) is 10.3. The molecule has 82 valence electrons. The van der Waals surface area contributed by atoms with E-state index in [2.05, 4.69) is 15.1 Å². The van der Waals surface area contributed by atoms with E-state index in [1.54, 1.807) is 0 Å². The number of aromatic nitrogens is 2. The van der Waals surface area contributed by atoms with Crippen molar-refractivity contribution in [3.8, 4) is 17.8 Å². The second kappa shape index (κ2) is 4.99. The van der Waals surface area contributed by atoms with Crippen LogP contribution in [0, 0.1) is 0 Å². The van der Waals surface area contributed by atoms with E-state index in [0.717, 1.165) is 6.21 Å². The van der Waals surface area contributed by atoms with E-state index in [-0.39, 0.29) is 17.8 Å². The minimum absolute atomic E-state index is 0.110. The van der Waals surface area contributed by atoms with Gasteiger partial charge in [0.1, 0.15) is 5.56 Å². The summed E-state index contributed by atoms with van der Waals surface area (Å²) in [6.45, 7) is 0. The first-order valence-corrected chi connectivity index (χ1v) is 3.98. The lowest BCUT2D eigenvalue weighted by Crippen LogP contribution is -2.03. The van der Waals surface area contributed by atoms with Gasteiger partial charge in [-0.1, -0.05) is 5.16 Å². The molecule has 0 unspecified atom stereocenters. The minimum Gasteiger partial charge on any atom is -0.480 e. The molecule has 0 amide bonds. The summed E-state index contributed by atoms with van der Waals surface area (Å²) >= 11 is 0. The Kier molecular flexibility index (Phi) is 3.67. The third-order valence-corrected chi connectivity index (χ3v) is 1.61. The molecule has 7 nitrogen and oxygen atoms in total. The van der Waals surface area contributed by atoms with Gasteiger partial charge in [0, 0.05) is 0 Å². The second-order valence-corrected chi connectivity index (χ2v) is 2.39. The Labute approximate surface area is 86.3 Å². The van der Waals surface area contributed by atoms with Crippen LogP contribution in [-0.2, 0) is 0 Å². The molecular formula is C8H11N3O4. The molecule has 1 aromatic heterocycles. The summed E-state index contributed by atoms with van der Waals surface area (Å²) in [5.74, 6) is 0.410. The van der Waals surface area contributed by atoms with Gasteiger partial charge in [-0.3, -0.25) is 0 Å². The Hall–Kier alpha value is -2.05. The molecule has 0 aliphatic heterocycles. The number of rotatable bonds is 4. The average Bonchev–Trinajstić information content (AvgIpc) is 2.29. The Bertz CT molecular complexity index is 342. The number of hydrogen-bond acceptors (Lipinski definition) is 7. The third-order valence-electron chi connectivity index (χ3n) is 1.61.